The summed E-state index contributed by atoms with van der Waals surface area (Å²) >= 11 is 0.902. The highest BCUT2D eigenvalue weighted by atomic mass is 32.2. The van der Waals surface area contributed by atoms with E-state index in [0.717, 1.165) is 33.5 Å². The Morgan fingerprint density at radius 2 is 2.00 bits per heavy atom. The summed E-state index contributed by atoms with van der Waals surface area (Å²) in [7, 11) is 1.59. The first kappa shape index (κ1) is 17.8. The molecule has 3 rings (SSSR count). The van der Waals surface area contributed by atoms with Gasteiger partial charge >= 0.3 is 0 Å². The maximum Gasteiger partial charge on any atom is 0.293 e. The molecule has 1 heterocycles. The van der Waals surface area contributed by atoms with Crippen LogP contribution in [-0.2, 0) is 11.3 Å². The van der Waals surface area contributed by atoms with Crippen molar-refractivity contribution in [2.24, 2.45) is 0 Å². The molecule has 0 atom stereocenters. The lowest BCUT2D eigenvalue weighted by molar-refractivity contribution is -0.123. The third kappa shape index (κ3) is 3.48. The zero-order valence-electron chi connectivity index (χ0n) is 14.4. The number of hydrogen-bond donors (Lipinski definition) is 0. The van der Waals surface area contributed by atoms with E-state index >= 15 is 0 Å². The van der Waals surface area contributed by atoms with Crippen molar-refractivity contribution in [2.75, 3.05) is 7.11 Å². The van der Waals surface area contributed by atoms with Crippen LogP contribution in [-0.4, -0.2) is 23.2 Å². The fourth-order valence-corrected chi connectivity index (χ4v) is 3.49. The van der Waals surface area contributed by atoms with Gasteiger partial charge in [0.15, 0.2) is 0 Å². The Kier molecular flexibility index (Phi) is 5.10. The summed E-state index contributed by atoms with van der Waals surface area (Å²) in [6, 6.07) is 14.6. The molecule has 0 bridgehead atoms. The molecule has 1 fully saturated rings. The van der Waals surface area contributed by atoms with Crippen LogP contribution in [0.15, 0.2) is 47.4 Å². The first-order chi connectivity index (χ1) is 12.5. The zero-order valence-corrected chi connectivity index (χ0v) is 15.2. The summed E-state index contributed by atoms with van der Waals surface area (Å²) in [5.41, 5.74) is 2.88. The van der Waals surface area contributed by atoms with E-state index in [4.69, 9.17) is 4.74 Å². The molecule has 2 aromatic rings. The number of benzene rings is 2. The zero-order chi connectivity index (χ0) is 18.7. The number of carbonyl (C=O) groups excluding carboxylic acids is 2. The molecule has 1 aliphatic heterocycles. The van der Waals surface area contributed by atoms with Crippen LogP contribution in [0.25, 0.3) is 6.08 Å². The number of imide groups is 1. The summed E-state index contributed by atoms with van der Waals surface area (Å²) in [5, 5.41) is 8.84. The molecule has 6 heteroatoms. The molecular weight excluding hydrogens is 348 g/mol. The predicted molar refractivity (Wildman–Crippen MR) is 100 cm³/mol. The third-order valence-electron chi connectivity index (χ3n) is 4.07. The maximum absolute atomic E-state index is 12.6. The van der Waals surface area contributed by atoms with Crippen LogP contribution in [0.1, 0.15) is 22.3 Å². The molecule has 2 aromatic carbocycles. The van der Waals surface area contributed by atoms with Gasteiger partial charge in [-0.1, -0.05) is 30.3 Å². The van der Waals surface area contributed by atoms with Crippen LogP contribution in [0, 0.1) is 18.3 Å². The lowest BCUT2D eigenvalue weighted by Crippen LogP contribution is -2.27. The Balaban J connectivity index is 1.86. The second kappa shape index (κ2) is 7.46. The van der Waals surface area contributed by atoms with Crippen LogP contribution in [0.5, 0.6) is 5.75 Å². The van der Waals surface area contributed by atoms with Gasteiger partial charge in [-0.05, 0) is 53.6 Å². The van der Waals surface area contributed by atoms with Gasteiger partial charge in [0.05, 0.1) is 30.2 Å². The Bertz CT molecular complexity index is 960. The largest absolute Gasteiger partial charge is 0.496 e. The summed E-state index contributed by atoms with van der Waals surface area (Å²) in [6.45, 7) is 2.02. The van der Waals surface area contributed by atoms with Crippen LogP contribution in [0.4, 0.5) is 4.79 Å². The van der Waals surface area contributed by atoms with Crippen LogP contribution in [0.2, 0.25) is 0 Å². The monoisotopic (exact) mass is 364 g/mol. The van der Waals surface area contributed by atoms with E-state index in [1.165, 1.54) is 0 Å². The average Bonchev–Trinajstić information content (AvgIpc) is 2.91. The van der Waals surface area contributed by atoms with E-state index in [1.807, 2.05) is 25.1 Å². The Morgan fingerprint density at radius 3 is 2.73 bits per heavy atom. The summed E-state index contributed by atoms with van der Waals surface area (Å²) < 4.78 is 5.29. The third-order valence-corrected chi connectivity index (χ3v) is 4.98. The molecule has 0 radical (unpaired) electrons. The minimum Gasteiger partial charge on any atom is -0.496 e. The molecule has 0 aromatic heterocycles. The number of thioether (sulfide) groups is 1. The highest BCUT2D eigenvalue weighted by Gasteiger charge is 2.35. The first-order valence-electron chi connectivity index (χ1n) is 7.91. The fraction of sp³-hybridized carbons (Fsp3) is 0.150. The highest BCUT2D eigenvalue weighted by molar-refractivity contribution is 8.18. The van der Waals surface area contributed by atoms with E-state index < -0.39 is 0 Å². The van der Waals surface area contributed by atoms with E-state index in [-0.39, 0.29) is 17.7 Å². The van der Waals surface area contributed by atoms with Crippen molar-refractivity contribution in [3.8, 4) is 11.8 Å². The van der Waals surface area contributed by atoms with Crippen molar-refractivity contribution in [2.45, 2.75) is 13.5 Å². The summed E-state index contributed by atoms with van der Waals surface area (Å²) in [4.78, 5) is 26.5. The van der Waals surface area contributed by atoms with Gasteiger partial charge in [-0.15, -0.1) is 0 Å². The minimum absolute atomic E-state index is 0.0863. The molecule has 26 heavy (non-hydrogen) atoms. The van der Waals surface area contributed by atoms with E-state index in [9.17, 15) is 14.9 Å². The Morgan fingerprint density at radius 1 is 1.23 bits per heavy atom. The number of aryl methyl sites for hydroxylation is 1. The second-order valence-electron chi connectivity index (χ2n) is 5.77. The normalized spacial score (nSPS) is 15.4. The quantitative estimate of drug-likeness (QED) is 0.764. The number of methoxy groups -OCH3 is 1. The number of nitriles is 1. The summed E-state index contributed by atoms with van der Waals surface area (Å²) in [5.74, 6) is 0.369. The highest BCUT2D eigenvalue weighted by Crippen LogP contribution is 2.34. The molecule has 0 unspecified atom stereocenters. The second-order valence-corrected chi connectivity index (χ2v) is 6.76. The van der Waals surface area contributed by atoms with Gasteiger partial charge in [-0.2, -0.15) is 5.26 Å². The predicted octanol–water partition coefficient (Wildman–Crippen LogP) is 4.11. The van der Waals surface area contributed by atoms with Gasteiger partial charge in [0.2, 0.25) is 0 Å². The van der Waals surface area contributed by atoms with Gasteiger partial charge in [0.25, 0.3) is 11.1 Å². The van der Waals surface area contributed by atoms with Gasteiger partial charge in [0.1, 0.15) is 5.75 Å². The summed E-state index contributed by atoms with van der Waals surface area (Å²) in [6.07, 6.45) is 1.68. The molecular formula is C20H16N2O3S. The van der Waals surface area contributed by atoms with E-state index in [0.29, 0.717) is 16.0 Å². The van der Waals surface area contributed by atoms with Crippen molar-refractivity contribution in [3.05, 3.63) is 69.6 Å². The molecule has 0 saturated carbocycles. The first-order valence-corrected chi connectivity index (χ1v) is 8.73. The number of ether oxygens (including phenoxy) is 1. The molecule has 2 amide bonds. The van der Waals surface area contributed by atoms with E-state index in [2.05, 4.69) is 6.07 Å². The maximum atomic E-state index is 12.6. The topological polar surface area (TPSA) is 70.4 Å². The van der Waals surface area contributed by atoms with E-state index in [1.54, 1.807) is 37.5 Å². The van der Waals surface area contributed by atoms with Gasteiger partial charge in [-0.25, -0.2) is 0 Å². The minimum atomic E-state index is -0.354. The number of carbonyl (C=O) groups is 2. The van der Waals surface area contributed by atoms with Crippen molar-refractivity contribution in [1.82, 2.24) is 4.90 Å². The number of amides is 2. The SMILES string of the molecule is COc1cc(/C=C2/SC(=O)N(Cc3ccccc3C#N)C2=O)ccc1C. The standard InChI is InChI=1S/C20H16N2O3S/c1-13-7-8-14(9-17(13)25-2)10-18-19(23)22(20(24)26-18)12-16-6-4-3-5-15(16)11-21/h3-10H,12H2,1-2H3/b18-10+. The van der Waals surface area contributed by atoms with Gasteiger partial charge in [0, 0.05) is 0 Å². The van der Waals surface area contributed by atoms with Crippen LogP contribution < -0.4 is 4.74 Å². The molecule has 0 N–H and O–H groups in total. The fourth-order valence-electron chi connectivity index (χ4n) is 2.65. The molecule has 130 valence electrons. The van der Waals surface area contributed by atoms with Gasteiger partial charge in [-0.3, -0.25) is 14.5 Å². The number of rotatable bonds is 4. The Labute approximate surface area is 155 Å². The molecule has 0 spiro atoms. The van der Waals surface area contributed by atoms with Crippen molar-refractivity contribution >= 4 is 29.0 Å². The van der Waals surface area contributed by atoms with Crippen molar-refractivity contribution in [1.29, 1.82) is 5.26 Å². The van der Waals surface area contributed by atoms with Crippen molar-refractivity contribution < 1.29 is 14.3 Å². The van der Waals surface area contributed by atoms with Gasteiger partial charge < -0.3 is 4.74 Å². The smallest absolute Gasteiger partial charge is 0.293 e. The van der Waals surface area contributed by atoms with Crippen LogP contribution in [0.3, 0.4) is 0 Å². The Hall–Kier alpha value is -3.04. The average molecular weight is 364 g/mol. The lowest BCUT2D eigenvalue weighted by Gasteiger charge is -2.13. The number of hydrogen-bond acceptors (Lipinski definition) is 5. The number of nitrogens with zero attached hydrogens (tertiary/aromatic N) is 2. The van der Waals surface area contributed by atoms with Crippen molar-refractivity contribution in [3.63, 3.8) is 0 Å². The van der Waals surface area contributed by atoms with Crippen LogP contribution >= 0.6 is 11.8 Å². The molecule has 5 nitrogen and oxygen atoms in total. The molecule has 1 saturated heterocycles. The molecule has 0 aliphatic carbocycles. The molecule has 1 aliphatic rings. The lowest BCUT2D eigenvalue weighted by atomic mass is 10.1.